The molecule has 2 aromatic carbocycles. The molecule has 1 unspecified atom stereocenters. The summed E-state index contributed by atoms with van der Waals surface area (Å²) in [6.07, 6.45) is 0.347. The summed E-state index contributed by atoms with van der Waals surface area (Å²) in [4.78, 5) is 31.2. The molecule has 0 radical (unpaired) electrons. The highest BCUT2D eigenvalue weighted by atomic mass is 32.1. The summed E-state index contributed by atoms with van der Waals surface area (Å²) in [7, 11) is 0. The summed E-state index contributed by atoms with van der Waals surface area (Å²) in [5.41, 5.74) is 3.68. The first-order valence-corrected chi connectivity index (χ1v) is 10.3. The van der Waals surface area contributed by atoms with E-state index in [1.165, 1.54) is 30.8 Å². The molecule has 0 saturated heterocycles. The summed E-state index contributed by atoms with van der Waals surface area (Å²) in [5, 5.41) is 14.7. The maximum atomic E-state index is 12.5. The molecule has 31 heavy (non-hydrogen) atoms. The zero-order valence-electron chi connectivity index (χ0n) is 16.7. The number of nitrogens with one attached hydrogen (secondary N) is 1. The van der Waals surface area contributed by atoms with Gasteiger partial charge in [-0.25, -0.2) is 4.98 Å². The second-order valence-electron chi connectivity index (χ2n) is 6.90. The molecule has 8 nitrogen and oxygen atoms in total. The first kappa shape index (κ1) is 20.4. The fourth-order valence-corrected chi connectivity index (χ4v) is 4.02. The smallest absolute Gasteiger partial charge is 0.406 e. The van der Waals surface area contributed by atoms with E-state index in [4.69, 9.17) is 4.74 Å². The van der Waals surface area contributed by atoms with Crippen LogP contribution in [-0.4, -0.2) is 26.9 Å². The molecule has 1 amide bonds. The van der Waals surface area contributed by atoms with Gasteiger partial charge in [0, 0.05) is 11.3 Å². The number of ether oxygens (including phenoxy) is 1. The van der Waals surface area contributed by atoms with Crippen LogP contribution in [0.3, 0.4) is 0 Å². The number of fused-ring (bicyclic) bond motifs is 1. The van der Waals surface area contributed by atoms with Gasteiger partial charge in [0.2, 0.25) is 5.75 Å². The highest BCUT2D eigenvalue weighted by Crippen LogP contribution is 2.31. The average molecular weight is 434 g/mol. The second-order valence-corrected chi connectivity index (χ2v) is 7.93. The standard InChI is InChI=1S/C22H18N4O4S/c1-13-5-10-17-19(12-13)31-22(25-17)15-6-8-16(9-7-15)24-21(27)14(2)30-18-4-3-11-23-20(18)26(28)29/h3-12,14H,1-2H3,(H,24,27). The van der Waals surface area contributed by atoms with E-state index < -0.39 is 22.8 Å². The Labute approximate surface area is 181 Å². The van der Waals surface area contributed by atoms with Gasteiger partial charge in [0.25, 0.3) is 5.91 Å². The van der Waals surface area contributed by atoms with E-state index in [2.05, 4.69) is 21.4 Å². The number of nitro groups is 1. The van der Waals surface area contributed by atoms with Crippen molar-refractivity contribution in [3.8, 4) is 16.3 Å². The molecule has 0 aliphatic carbocycles. The van der Waals surface area contributed by atoms with Crippen LogP contribution >= 0.6 is 11.3 Å². The number of benzene rings is 2. The third-order valence-electron chi connectivity index (χ3n) is 4.54. The molecule has 1 N–H and O–H groups in total. The molecule has 0 saturated carbocycles. The molecular formula is C22H18N4O4S. The monoisotopic (exact) mass is 434 g/mol. The zero-order chi connectivity index (χ0) is 22.0. The summed E-state index contributed by atoms with van der Waals surface area (Å²) < 4.78 is 6.58. The number of hydrogen-bond donors (Lipinski definition) is 1. The van der Waals surface area contributed by atoms with Crippen molar-refractivity contribution in [2.45, 2.75) is 20.0 Å². The summed E-state index contributed by atoms with van der Waals surface area (Å²) >= 11 is 1.61. The Balaban J connectivity index is 1.44. The predicted octanol–water partition coefficient (Wildman–Crippen LogP) is 4.98. The number of anilines is 1. The molecule has 0 fully saturated rings. The van der Waals surface area contributed by atoms with Crippen LogP contribution < -0.4 is 10.1 Å². The minimum absolute atomic E-state index is 0.0587. The maximum absolute atomic E-state index is 12.5. The average Bonchev–Trinajstić information content (AvgIpc) is 3.17. The van der Waals surface area contributed by atoms with E-state index in [0.717, 1.165) is 20.8 Å². The quantitative estimate of drug-likeness (QED) is 0.339. The van der Waals surface area contributed by atoms with Crippen molar-refractivity contribution in [3.05, 3.63) is 76.5 Å². The SMILES string of the molecule is Cc1ccc2nc(-c3ccc(NC(=O)C(C)Oc4cccnc4[N+](=O)[O-])cc3)sc2c1. The second kappa shape index (κ2) is 8.49. The zero-order valence-corrected chi connectivity index (χ0v) is 17.6. The van der Waals surface area contributed by atoms with Gasteiger partial charge in [0.1, 0.15) is 11.2 Å². The number of carbonyl (C=O) groups is 1. The van der Waals surface area contributed by atoms with Gasteiger partial charge in [-0.2, -0.15) is 0 Å². The van der Waals surface area contributed by atoms with E-state index in [1.54, 1.807) is 23.5 Å². The van der Waals surface area contributed by atoms with Crippen LogP contribution in [0.2, 0.25) is 0 Å². The van der Waals surface area contributed by atoms with Gasteiger partial charge in [-0.1, -0.05) is 6.07 Å². The lowest BCUT2D eigenvalue weighted by atomic mass is 10.2. The van der Waals surface area contributed by atoms with Crippen LogP contribution in [-0.2, 0) is 4.79 Å². The van der Waals surface area contributed by atoms with Gasteiger partial charge < -0.3 is 20.2 Å². The first-order chi connectivity index (χ1) is 14.9. The van der Waals surface area contributed by atoms with Crippen LogP contribution in [0.25, 0.3) is 20.8 Å². The largest absolute Gasteiger partial charge is 0.473 e. The fraction of sp³-hybridized carbons (Fsp3) is 0.136. The van der Waals surface area contributed by atoms with Crippen LogP contribution in [0, 0.1) is 17.0 Å². The van der Waals surface area contributed by atoms with Crippen LogP contribution in [0.5, 0.6) is 5.75 Å². The molecule has 1 atom stereocenters. The summed E-state index contributed by atoms with van der Waals surface area (Å²) in [5.74, 6) is -0.921. The van der Waals surface area contributed by atoms with Crippen molar-refractivity contribution < 1.29 is 14.5 Å². The summed E-state index contributed by atoms with van der Waals surface area (Å²) in [6.45, 7) is 3.57. The molecule has 0 bridgehead atoms. The number of hydrogen-bond acceptors (Lipinski definition) is 7. The van der Waals surface area contributed by atoms with Gasteiger partial charge in [0.15, 0.2) is 6.10 Å². The predicted molar refractivity (Wildman–Crippen MR) is 119 cm³/mol. The van der Waals surface area contributed by atoms with Crippen molar-refractivity contribution in [2.75, 3.05) is 5.32 Å². The van der Waals surface area contributed by atoms with Gasteiger partial charge in [-0.05, 0) is 77.8 Å². The number of thiazole rings is 1. The Hall–Kier alpha value is -3.85. The van der Waals surface area contributed by atoms with Crippen molar-refractivity contribution in [1.29, 1.82) is 0 Å². The number of nitrogens with zero attached hydrogens (tertiary/aromatic N) is 3. The van der Waals surface area contributed by atoms with E-state index in [-0.39, 0.29) is 5.75 Å². The molecule has 2 aromatic heterocycles. The van der Waals surface area contributed by atoms with Crippen molar-refractivity contribution in [2.24, 2.45) is 0 Å². The van der Waals surface area contributed by atoms with Gasteiger partial charge in [-0.15, -0.1) is 11.3 Å². The molecule has 9 heteroatoms. The number of rotatable bonds is 6. The lowest BCUT2D eigenvalue weighted by Crippen LogP contribution is -2.30. The number of amides is 1. The number of aromatic nitrogens is 2. The van der Waals surface area contributed by atoms with E-state index in [1.807, 2.05) is 31.2 Å². The normalized spacial score (nSPS) is 11.8. The van der Waals surface area contributed by atoms with Gasteiger partial charge >= 0.3 is 5.82 Å². The molecule has 4 aromatic rings. The highest BCUT2D eigenvalue weighted by Gasteiger charge is 2.22. The van der Waals surface area contributed by atoms with Crippen LogP contribution in [0.4, 0.5) is 11.5 Å². The third kappa shape index (κ3) is 4.51. The highest BCUT2D eigenvalue weighted by molar-refractivity contribution is 7.21. The molecule has 4 rings (SSSR count). The number of carbonyl (C=O) groups excluding carboxylic acids is 1. The van der Waals surface area contributed by atoms with Crippen LogP contribution in [0.1, 0.15) is 12.5 Å². The minimum Gasteiger partial charge on any atom is -0.473 e. The number of pyridine rings is 1. The lowest BCUT2D eigenvalue weighted by molar-refractivity contribution is -0.390. The van der Waals surface area contributed by atoms with Gasteiger partial charge in [0.05, 0.1) is 10.2 Å². The van der Waals surface area contributed by atoms with Gasteiger partial charge in [-0.3, -0.25) is 4.79 Å². The Bertz CT molecular complexity index is 1270. The third-order valence-corrected chi connectivity index (χ3v) is 5.61. The number of aryl methyl sites for hydroxylation is 1. The first-order valence-electron chi connectivity index (χ1n) is 9.45. The Kier molecular flexibility index (Phi) is 5.59. The Morgan fingerprint density at radius 2 is 1.97 bits per heavy atom. The molecular weight excluding hydrogens is 416 g/mol. The fourth-order valence-electron chi connectivity index (χ4n) is 2.95. The maximum Gasteiger partial charge on any atom is 0.406 e. The molecule has 0 aliphatic rings. The Morgan fingerprint density at radius 3 is 2.71 bits per heavy atom. The van der Waals surface area contributed by atoms with Crippen molar-refractivity contribution >= 4 is 39.0 Å². The Morgan fingerprint density at radius 1 is 1.19 bits per heavy atom. The molecule has 0 aliphatic heterocycles. The molecule has 156 valence electrons. The van der Waals surface area contributed by atoms with E-state index in [9.17, 15) is 14.9 Å². The van der Waals surface area contributed by atoms with Crippen molar-refractivity contribution in [3.63, 3.8) is 0 Å². The molecule has 2 heterocycles. The molecule has 0 spiro atoms. The van der Waals surface area contributed by atoms with E-state index >= 15 is 0 Å². The van der Waals surface area contributed by atoms with E-state index in [0.29, 0.717) is 5.69 Å². The lowest BCUT2D eigenvalue weighted by Gasteiger charge is -2.14. The minimum atomic E-state index is -0.949. The topological polar surface area (TPSA) is 107 Å². The van der Waals surface area contributed by atoms with Crippen LogP contribution in [0.15, 0.2) is 60.8 Å². The van der Waals surface area contributed by atoms with Crippen molar-refractivity contribution in [1.82, 2.24) is 9.97 Å². The summed E-state index contributed by atoms with van der Waals surface area (Å²) in [6, 6.07) is 16.4.